The van der Waals surface area contributed by atoms with Crippen LogP contribution in [-0.2, 0) is 6.54 Å². The smallest absolute Gasteiger partial charge is 0.251 e. The molecule has 0 atom stereocenters. The number of hydrogen-bond donors (Lipinski definition) is 0. The molecule has 25 heavy (non-hydrogen) atoms. The number of piperidine rings is 1. The van der Waals surface area contributed by atoms with Gasteiger partial charge >= 0.3 is 0 Å². The Morgan fingerprint density at radius 2 is 1.88 bits per heavy atom. The molecule has 0 aliphatic carbocycles. The lowest BCUT2D eigenvalue weighted by molar-refractivity contribution is 0.174. The lowest BCUT2D eigenvalue weighted by Gasteiger charge is -2.32. The van der Waals surface area contributed by atoms with E-state index in [0.29, 0.717) is 6.54 Å². The Balaban J connectivity index is 1.54. The Morgan fingerprint density at radius 3 is 2.64 bits per heavy atom. The molecular formula is C21H29FN2O. The van der Waals surface area contributed by atoms with Crippen LogP contribution >= 0.6 is 0 Å². The number of halogens is 1. The van der Waals surface area contributed by atoms with Gasteiger partial charge in [0.15, 0.2) is 0 Å². The molecule has 136 valence electrons. The van der Waals surface area contributed by atoms with Crippen LogP contribution in [0.2, 0.25) is 0 Å². The zero-order chi connectivity index (χ0) is 17.6. The van der Waals surface area contributed by atoms with Crippen LogP contribution < -0.4 is 5.56 Å². The van der Waals surface area contributed by atoms with Crippen LogP contribution in [0.5, 0.6) is 0 Å². The van der Waals surface area contributed by atoms with Gasteiger partial charge in [-0.05, 0) is 69.1 Å². The first-order valence-corrected chi connectivity index (χ1v) is 9.69. The van der Waals surface area contributed by atoms with Crippen molar-refractivity contribution in [1.82, 2.24) is 9.47 Å². The van der Waals surface area contributed by atoms with E-state index in [2.05, 4.69) is 11.8 Å². The van der Waals surface area contributed by atoms with Gasteiger partial charge in [0.25, 0.3) is 5.56 Å². The molecule has 0 unspecified atom stereocenters. The molecular weight excluding hydrogens is 315 g/mol. The molecule has 3 rings (SSSR count). The third-order valence-corrected chi connectivity index (χ3v) is 5.48. The van der Waals surface area contributed by atoms with E-state index >= 15 is 0 Å². The molecule has 0 spiro atoms. The Hall–Kier alpha value is -1.68. The van der Waals surface area contributed by atoms with Gasteiger partial charge in [0, 0.05) is 18.0 Å². The van der Waals surface area contributed by atoms with Crippen molar-refractivity contribution in [3.8, 4) is 0 Å². The Bertz CT molecular complexity index is 747. The maximum absolute atomic E-state index is 13.4. The van der Waals surface area contributed by atoms with E-state index in [1.165, 1.54) is 57.3 Å². The molecule has 1 aliphatic heterocycles. The highest BCUT2D eigenvalue weighted by atomic mass is 19.1. The minimum Gasteiger partial charge on any atom is -0.308 e. The summed E-state index contributed by atoms with van der Waals surface area (Å²) in [6.07, 6.45) is 7.61. The fraction of sp³-hybridized carbons (Fsp3) is 0.571. The van der Waals surface area contributed by atoms with Gasteiger partial charge in [-0.15, -0.1) is 0 Å². The number of nitrogens with zero attached hydrogens (tertiary/aromatic N) is 2. The highest BCUT2D eigenvalue weighted by molar-refractivity contribution is 5.78. The Kier molecular flexibility index (Phi) is 6.24. The van der Waals surface area contributed by atoms with Crippen molar-refractivity contribution in [2.24, 2.45) is 5.92 Å². The minimum atomic E-state index is -0.261. The Morgan fingerprint density at radius 1 is 1.08 bits per heavy atom. The highest BCUT2D eigenvalue weighted by Gasteiger charge is 2.18. The standard InChI is InChI=1S/C21H29FN2O/c1-2-3-5-17-10-14-23(15-11-17)12-4-13-24-20-8-7-19(22)16-18(20)6-9-21(24)25/h6-9,16-17H,2-5,10-15H2,1H3. The summed E-state index contributed by atoms with van der Waals surface area (Å²) in [5.41, 5.74) is 0.824. The van der Waals surface area contributed by atoms with E-state index < -0.39 is 0 Å². The van der Waals surface area contributed by atoms with Crippen LogP contribution in [0.1, 0.15) is 45.4 Å². The lowest BCUT2D eigenvalue weighted by Crippen LogP contribution is -2.35. The number of fused-ring (bicyclic) bond motifs is 1. The second-order valence-electron chi connectivity index (χ2n) is 7.31. The van der Waals surface area contributed by atoms with E-state index in [9.17, 15) is 9.18 Å². The Labute approximate surface area is 149 Å². The first-order valence-electron chi connectivity index (χ1n) is 9.69. The first-order chi connectivity index (χ1) is 12.2. The summed E-state index contributed by atoms with van der Waals surface area (Å²) in [7, 11) is 0. The van der Waals surface area contributed by atoms with E-state index in [1.807, 2.05) is 0 Å². The zero-order valence-corrected chi connectivity index (χ0v) is 15.2. The third-order valence-electron chi connectivity index (χ3n) is 5.48. The van der Waals surface area contributed by atoms with Crippen LogP contribution in [0.3, 0.4) is 0 Å². The monoisotopic (exact) mass is 344 g/mol. The summed E-state index contributed by atoms with van der Waals surface area (Å²) in [5, 5.41) is 0.788. The van der Waals surface area contributed by atoms with Crippen molar-refractivity contribution in [2.75, 3.05) is 19.6 Å². The topological polar surface area (TPSA) is 25.2 Å². The van der Waals surface area contributed by atoms with Gasteiger partial charge < -0.3 is 9.47 Å². The predicted molar refractivity (Wildman–Crippen MR) is 101 cm³/mol. The van der Waals surface area contributed by atoms with Gasteiger partial charge in [-0.25, -0.2) is 4.39 Å². The van der Waals surface area contributed by atoms with Gasteiger partial charge in [-0.1, -0.05) is 26.2 Å². The van der Waals surface area contributed by atoms with Gasteiger partial charge in [0.05, 0.1) is 5.52 Å². The molecule has 1 saturated heterocycles. The molecule has 1 fully saturated rings. The molecule has 1 aromatic heterocycles. The summed E-state index contributed by atoms with van der Waals surface area (Å²) in [4.78, 5) is 14.7. The van der Waals surface area contributed by atoms with Crippen molar-refractivity contribution in [3.63, 3.8) is 0 Å². The van der Waals surface area contributed by atoms with E-state index in [0.717, 1.165) is 29.8 Å². The fourth-order valence-electron chi connectivity index (χ4n) is 3.95. The predicted octanol–water partition coefficient (Wildman–Crippen LogP) is 4.43. The van der Waals surface area contributed by atoms with Gasteiger partial charge in [-0.3, -0.25) is 4.79 Å². The van der Waals surface area contributed by atoms with Gasteiger partial charge in [0.2, 0.25) is 0 Å². The normalized spacial score (nSPS) is 16.6. The van der Waals surface area contributed by atoms with Gasteiger partial charge in [0.1, 0.15) is 5.82 Å². The summed E-state index contributed by atoms with van der Waals surface area (Å²) in [5.74, 6) is 0.649. The largest absolute Gasteiger partial charge is 0.308 e. The van der Waals surface area contributed by atoms with Crippen molar-refractivity contribution in [2.45, 2.75) is 52.0 Å². The molecule has 2 aromatic rings. The van der Waals surface area contributed by atoms with Crippen LogP contribution in [0.15, 0.2) is 35.1 Å². The maximum atomic E-state index is 13.4. The van der Waals surface area contributed by atoms with Crippen LogP contribution in [0.25, 0.3) is 10.9 Å². The molecule has 1 aromatic carbocycles. The minimum absolute atomic E-state index is 0.00242. The van der Waals surface area contributed by atoms with E-state index in [-0.39, 0.29) is 11.4 Å². The van der Waals surface area contributed by atoms with Crippen LogP contribution in [-0.4, -0.2) is 29.1 Å². The second kappa shape index (κ2) is 8.61. The number of unbranched alkanes of at least 4 members (excludes halogenated alkanes) is 1. The maximum Gasteiger partial charge on any atom is 0.251 e. The van der Waals surface area contributed by atoms with E-state index in [4.69, 9.17) is 0 Å². The second-order valence-corrected chi connectivity index (χ2v) is 7.31. The molecule has 0 bridgehead atoms. The van der Waals surface area contributed by atoms with Crippen LogP contribution in [0.4, 0.5) is 4.39 Å². The average Bonchev–Trinajstić information content (AvgIpc) is 2.63. The fourth-order valence-corrected chi connectivity index (χ4v) is 3.95. The number of likely N-dealkylation sites (tertiary alicyclic amines) is 1. The van der Waals surface area contributed by atoms with Crippen molar-refractivity contribution < 1.29 is 4.39 Å². The SMILES string of the molecule is CCCCC1CCN(CCCn2c(=O)ccc3cc(F)ccc32)CC1. The first kappa shape index (κ1) is 18.1. The summed E-state index contributed by atoms with van der Waals surface area (Å²) in [6.45, 7) is 6.36. The summed E-state index contributed by atoms with van der Waals surface area (Å²) < 4.78 is 15.2. The van der Waals surface area contributed by atoms with E-state index in [1.54, 1.807) is 22.8 Å². The number of pyridine rings is 1. The number of aromatic nitrogens is 1. The number of rotatable bonds is 7. The summed E-state index contributed by atoms with van der Waals surface area (Å²) >= 11 is 0. The molecule has 0 amide bonds. The third kappa shape index (κ3) is 4.69. The summed E-state index contributed by atoms with van der Waals surface area (Å²) in [6, 6.07) is 7.89. The molecule has 3 nitrogen and oxygen atoms in total. The zero-order valence-electron chi connectivity index (χ0n) is 15.2. The molecule has 0 N–H and O–H groups in total. The lowest BCUT2D eigenvalue weighted by atomic mass is 9.91. The number of hydrogen-bond acceptors (Lipinski definition) is 2. The number of benzene rings is 1. The van der Waals surface area contributed by atoms with Crippen molar-refractivity contribution in [3.05, 3.63) is 46.5 Å². The van der Waals surface area contributed by atoms with Crippen molar-refractivity contribution >= 4 is 10.9 Å². The van der Waals surface area contributed by atoms with Crippen molar-refractivity contribution in [1.29, 1.82) is 0 Å². The quantitative estimate of drug-likeness (QED) is 0.742. The highest BCUT2D eigenvalue weighted by Crippen LogP contribution is 2.22. The molecule has 0 radical (unpaired) electrons. The van der Waals surface area contributed by atoms with Gasteiger partial charge in [-0.2, -0.15) is 0 Å². The molecule has 2 heterocycles. The number of aryl methyl sites for hydroxylation is 1. The molecule has 1 aliphatic rings. The molecule has 4 heteroatoms. The molecule has 0 saturated carbocycles. The average molecular weight is 344 g/mol. The van der Waals surface area contributed by atoms with Crippen LogP contribution in [0, 0.1) is 11.7 Å².